The number of urea groups is 1. The maximum atomic E-state index is 13.2. The maximum Gasteiger partial charge on any atom is 0.325 e. The molecular formula is C24H36N4O3S. The minimum absolute atomic E-state index is 0.137. The van der Waals surface area contributed by atoms with Crippen LogP contribution in [0.15, 0.2) is 17.5 Å². The Morgan fingerprint density at radius 2 is 1.88 bits per heavy atom. The number of amides is 4. The minimum atomic E-state index is -0.808. The molecule has 0 unspecified atom stereocenters. The molecule has 1 N–H and O–H groups in total. The number of thiophene rings is 1. The van der Waals surface area contributed by atoms with E-state index in [1.807, 2.05) is 0 Å². The SMILES string of the molecule is CCC(C)(C)C1CCC2(CC1)NC(=O)N(CC(=O)N1CCN(Cc3cccs3)CC1)C2=O. The molecule has 3 fully saturated rings. The van der Waals surface area contributed by atoms with Crippen LogP contribution in [-0.4, -0.2) is 70.8 Å². The number of nitrogens with zero attached hydrogens (tertiary/aromatic N) is 3. The average Bonchev–Trinajstić information content (AvgIpc) is 3.37. The summed E-state index contributed by atoms with van der Waals surface area (Å²) >= 11 is 1.75. The van der Waals surface area contributed by atoms with E-state index >= 15 is 0 Å². The Balaban J connectivity index is 1.30. The van der Waals surface area contributed by atoms with Gasteiger partial charge in [-0.3, -0.25) is 19.4 Å². The van der Waals surface area contributed by atoms with Gasteiger partial charge in [-0.2, -0.15) is 0 Å². The monoisotopic (exact) mass is 460 g/mol. The van der Waals surface area contributed by atoms with Gasteiger partial charge in [0.25, 0.3) is 5.91 Å². The molecule has 1 aromatic rings. The Labute approximate surface area is 195 Å². The number of piperazine rings is 1. The molecule has 3 aliphatic rings. The summed E-state index contributed by atoms with van der Waals surface area (Å²) in [6.07, 6.45) is 4.30. The molecule has 1 spiro atoms. The van der Waals surface area contributed by atoms with E-state index in [0.717, 1.165) is 43.8 Å². The lowest BCUT2D eigenvalue weighted by molar-refractivity contribution is -0.140. The van der Waals surface area contributed by atoms with Gasteiger partial charge in [0.1, 0.15) is 12.1 Å². The Hall–Kier alpha value is -1.93. The van der Waals surface area contributed by atoms with Gasteiger partial charge in [-0.25, -0.2) is 4.79 Å². The molecule has 2 aliphatic heterocycles. The number of rotatable bonds is 6. The Morgan fingerprint density at radius 1 is 1.19 bits per heavy atom. The number of hydrogen-bond acceptors (Lipinski definition) is 5. The summed E-state index contributed by atoms with van der Waals surface area (Å²) in [5.41, 5.74) is -0.564. The van der Waals surface area contributed by atoms with E-state index in [2.05, 4.69) is 48.5 Å². The fourth-order valence-electron chi connectivity index (χ4n) is 5.35. The van der Waals surface area contributed by atoms with Crippen molar-refractivity contribution >= 4 is 29.2 Å². The zero-order valence-electron chi connectivity index (χ0n) is 19.6. The van der Waals surface area contributed by atoms with Gasteiger partial charge in [-0.05, 0) is 48.5 Å². The lowest BCUT2D eigenvalue weighted by Gasteiger charge is -2.42. The molecule has 0 aromatic carbocycles. The van der Waals surface area contributed by atoms with Crippen LogP contribution in [0.3, 0.4) is 0 Å². The molecule has 2 saturated heterocycles. The Morgan fingerprint density at radius 3 is 2.47 bits per heavy atom. The standard InChI is InChI=1S/C24H36N4O3S/c1-4-23(2,3)18-7-9-24(10-8-18)21(30)28(22(31)25-24)17-20(29)27-13-11-26(12-14-27)16-19-6-5-15-32-19/h5-6,15,18H,4,7-14,16-17H2,1-3H3,(H,25,31). The van der Waals surface area contributed by atoms with Gasteiger partial charge in [0.05, 0.1) is 0 Å². The number of carbonyl (C=O) groups excluding carboxylic acids is 3. The molecule has 0 atom stereocenters. The van der Waals surface area contributed by atoms with Crippen LogP contribution in [0.5, 0.6) is 0 Å². The fourth-order valence-corrected chi connectivity index (χ4v) is 6.10. The Kier molecular flexibility index (Phi) is 6.63. The van der Waals surface area contributed by atoms with Crippen LogP contribution in [0.2, 0.25) is 0 Å². The third-order valence-electron chi connectivity index (χ3n) is 8.08. The molecule has 3 heterocycles. The van der Waals surface area contributed by atoms with Crippen LogP contribution >= 0.6 is 11.3 Å². The number of nitrogens with one attached hydrogen (secondary N) is 1. The molecule has 0 bridgehead atoms. The summed E-state index contributed by atoms with van der Waals surface area (Å²) in [4.78, 5) is 45.4. The molecule has 32 heavy (non-hydrogen) atoms. The first kappa shape index (κ1) is 23.2. The predicted molar refractivity (Wildman–Crippen MR) is 125 cm³/mol. The van der Waals surface area contributed by atoms with Crippen molar-refractivity contribution in [2.45, 2.75) is 65.0 Å². The molecule has 8 heteroatoms. The van der Waals surface area contributed by atoms with Crippen molar-refractivity contribution < 1.29 is 14.4 Å². The predicted octanol–water partition coefficient (Wildman–Crippen LogP) is 3.31. The van der Waals surface area contributed by atoms with E-state index in [1.54, 1.807) is 16.2 Å². The van der Waals surface area contributed by atoms with Crippen molar-refractivity contribution in [3.8, 4) is 0 Å². The molecule has 1 saturated carbocycles. The maximum absolute atomic E-state index is 13.2. The van der Waals surface area contributed by atoms with Gasteiger partial charge in [-0.15, -0.1) is 11.3 Å². The highest BCUT2D eigenvalue weighted by Crippen LogP contribution is 2.45. The van der Waals surface area contributed by atoms with Gasteiger partial charge in [0, 0.05) is 37.6 Å². The molecule has 0 radical (unpaired) electrons. The van der Waals surface area contributed by atoms with Gasteiger partial charge in [-0.1, -0.05) is 33.3 Å². The van der Waals surface area contributed by atoms with Crippen LogP contribution in [-0.2, 0) is 16.1 Å². The van der Waals surface area contributed by atoms with Crippen LogP contribution in [0.25, 0.3) is 0 Å². The lowest BCUT2D eigenvalue weighted by Crippen LogP contribution is -2.53. The van der Waals surface area contributed by atoms with Crippen LogP contribution in [0.4, 0.5) is 4.79 Å². The van der Waals surface area contributed by atoms with Crippen molar-refractivity contribution in [1.29, 1.82) is 0 Å². The fraction of sp³-hybridized carbons (Fsp3) is 0.708. The molecule has 1 aromatic heterocycles. The second-order valence-corrected chi connectivity index (χ2v) is 11.3. The first-order chi connectivity index (χ1) is 15.2. The zero-order chi connectivity index (χ0) is 22.9. The third kappa shape index (κ3) is 4.57. The Bertz CT molecular complexity index is 837. The third-order valence-corrected chi connectivity index (χ3v) is 8.94. The van der Waals surface area contributed by atoms with Crippen molar-refractivity contribution in [2.24, 2.45) is 11.3 Å². The van der Waals surface area contributed by atoms with Gasteiger partial charge >= 0.3 is 6.03 Å². The smallest absolute Gasteiger partial charge is 0.325 e. The van der Waals surface area contributed by atoms with E-state index in [9.17, 15) is 14.4 Å². The van der Waals surface area contributed by atoms with Crippen molar-refractivity contribution in [1.82, 2.24) is 20.0 Å². The quantitative estimate of drug-likeness (QED) is 0.661. The second kappa shape index (κ2) is 9.14. The second-order valence-electron chi connectivity index (χ2n) is 10.3. The first-order valence-electron chi connectivity index (χ1n) is 11.9. The van der Waals surface area contributed by atoms with E-state index < -0.39 is 11.6 Å². The highest BCUT2D eigenvalue weighted by atomic mass is 32.1. The highest BCUT2D eigenvalue weighted by Gasteiger charge is 2.54. The van der Waals surface area contributed by atoms with Gasteiger partial charge in [0.2, 0.25) is 5.91 Å². The van der Waals surface area contributed by atoms with Crippen LogP contribution in [0.1, 0.15) is 57.8 Å². The average molecular weight is 461 g/mol. The molecule has 176 valence electrons. The summed E-state index contributed by atoms with van der Waals surface area (Å²) in [5, 5.41) is 5.04. The molecule has 4 rings (SSSR count). The summed E-state index contributed by atoms with van der Waals surface area (Å²) in [6.45, 7) is 10.4. The van der Waals surface area contributed by atoms with Crippen molar-refractivity contribution in [2.75, 3.05) is 32.7 Å². The van der Waals surface area contributed by atoms with Crippen LogP contribution < -0.4 is 5.32 Å². The summed E-state index contributed by atoms with van der Waals surface area (Å²) in [6, 6.07) is 3.78. The molecule has 1 aliphatic carbocycles. The number of carbonyl (C=O) groups is 3. The van der Waals surface area contributed by atoms with E-state index in [-0.39, 0.29) is 23.8 Å². The largest absolute Gasteiger partial charge is 0.339 e. The first-order valence-corrected chi connectivity index (χ1v) is 12.8. The van der Waals surface area contributed by atoms with Gasteiger partial charge < -0.3 is 10.2 Å². The summed E-state index contributed by atoms with van der Waals surface area (Å²) in [7, 11) is 0. The lowest BCUT2D eigenvalue weighted by atomic mass is 9.65. The molecule has 4 amide bonds. The summed E-state index contributed by atoms with van der Waals surface area (Å²) in [5.74, 6) is 0.214. The molecular weight excluding hydrogens is 424 g/mol. The minimum Gasteiger partial charge on any atom is -0.339 e. The highest BCUT2D eigenvalue weighted by molar-refractivity contribution is 7.09. The number of hydrogen-bond donors (Lipinski definition) is 1. The number of imide groups is 1. The van der Waals surface area contributed by atoms with E-state index in [4.69, 9.17) is 0 Å². The van der Waals surface area contributed by atoms with Gasteiger partial charge in [0.15, 0.2) is 0 Å². The van der Waals surface area contributed by atoms with E-state index in [0.29, 0.717) is 31.8 Å². The topological polar surface area (TPSA) is 73.0 Å². The van der Waals surface area contributed by atoms with E-state index in [1.165, 1.54) is 4.88 Å². The van der Waals surface area contributed by atoms with Crippen molar-refractivity contribution in [3.05, 3.63) is 22.4 Å². The van der Waals surface area contributed by atoms with Crippen LogP contribution in [0, 0.1) is 11.3 Å². The zero-order valence-corrected chi connectivity index (χ0v) is 20.4. The normalized spacial score (nSPS) is 27.3. The summed E-state index contributed by atoms with van der Waals surface area (Å²) < 4.78 is 0. The molecule has 7 nitrogen and oxygen atoms in total. The van der Waals surface area contributed by atoms with Crippen molar-refractivity contribution in [3.63, 3.8) is 0 Å².